The summed E-state index contributed by atoms with van der Waals surface area (Å²) in [6.07, 6.45) is 4.38. The van der Waals surface area contributed by atoms with Crippen molar-refractivity contribution in [2.24, 2.45) is 5.92 Å². The molecule has 0 radical (unpaired) electrons. The molecule has 1 saturated heterocycles. The third-order valence-electron chi connectivity index (χ3n) is 2.75. The lowest BCUT2D eigenvalue weighted by molar-refractivity contribution is 0.0662. The van der Waals surface area contributed by atoms with Crippen molar-refractivity contribution in [1.29, 1.82) is 0 Å². The fourth-order valence-corrected chi connectivity index (χ4v) is 1.84. The molecule has 0 amide bonds. The average Bonchev–Trinajstić information content (AvgIpc) is 2.72. The number of hydrogen-bond acceptors (Lipinski definition) is 2. The van der Waals surface area contributed by atoms with Crippen LogP contribution in [0.4, 0.5) is 0 Å². The first-order valence-electron chi connectivity index (χ1n) is 5.36. The fraction of sp³-hybridized carbons (Fsp3) is 0.636. The Morgan fingerprint density at radius 3 is 3.00 bits per heavy atom. The van der Waals surface area contributed by atoms with Crippen LogP contribution in [0.3, 0.4) is 0 Å². The van der Waals surface area contributed by atoms with Crippen LogP contribution in [0.15, 0.2) is 18.3 Å². The minimum absolute atomic E-state index is 0.804. The van der Waals surface area contributed by atoms with Crippen LogP contribution in [0.5, 0.6) is 0 Å². The molecule has 3 heteroatoms. The van der Waals surface area contributed by atoms with Gasteiger partial charge in [0.2, 0.25) is 0 Å². The lowest BCUT2D eigenvalue weighted by Gasteiger charge is -2.22. The summed E-state index contributed by atoms with van der Waals surface area (Å²) in [7, 11) is 0. The van der Waals surface area contributed by atoms with Crippen molar-refractivity contribution >= 4 is 0 Å². The summed E-state index contributed by atoms with van der Waals surface area (Å²) < 4.78 is 5.32. The molecule has 0 aliphatic carbocycles. The van der Waals surface area contributed by atoms with Gasteiger partial charge >= 0.3 is 0 Å². The second-order valence-corrected chi connectivity index (χ2v) is 3.88. The second kappa shape index (κ2) is 5.17. The summed E-state index contributed by atoms with van der Waals surface area (Å²) in [5, 5.41) is 3.47. The monoisotopic (exact) mass is 194 g/mol. The lowest BCUT2D eigenvalue weighted by atomic mass is 10.0. The van der Waals surface area contributed by atoms with E-state index in [4.69, 9.17) is 4.74 Å². The molecule has 0 aromatic carbocycles. The molecule has 1 aliphatic heterocycles. The second-order valence-electron chi connectivity index (χ2n) is 3.88. The highest BCUT2D eigenvalue weighted by Crippen LogP contribution is 2.13. The molecule has 0 bridgehead atoms. The predicted molar refractivity (Wildman–Crippen MR) is 56.0 cm³/mol. The van der Waals surface area contributed by atoms with Crippen LogP contribution in [-0.2, 0) is 11.3 Å². The van der Waals surface area contributed by atoms with Gasteiger partial charge in [0.15, 0.2) is 0 Å². The van der Waals surface area contributed by atoms with Crippen molar-refractivity contribution in [2.75, 3.05) is 19.8 Å². The molecule has 1 aliphatic rings. The van der Waals surface area contributed by atoms with Crippen molar-refractivity contribution in [1.82, 2.24) is 10.3 Å². The zero-order valence-electron chi connectivity index (χ0n) is 8.46. The average molecular weight is 194 g/mol. The minimum atomic E-state index is 0.804. The number of H-pyrrole nitrogens is 1. The highest BCUT2D eigenvalue weighted by molar-refractivity contribution is 5.02. The van der Waals surface area contributed by atoms with E-state index in [1.807, 2.05) is 12.3 Å². The van der Waals surface area contributed by atoms with E-state index in [-0.39, 0.29) is 0 Å². The number of hydrogen-bond donors (Lipinski definition) is 2. The van der Waals surface area contributed by atoms with Gasteiger partial charge in [0.25, 0.3) is 0 Å². The number of aromatic nitrogens is 1. The zero-order valence-corrected chi connectivity index (χ0v) is 8.46. The van der Waals surface area contributed by atoms with Crippen molar-refractivity contribution in [2.45, 2.75) is 19.4 Å². The molecule has 0 saturated carbocycles. The molecule has 78 valence electrons. The first kappa shape index (κ1) is 9.74. The van der Waals surface area contributed by atoms with Crippen molar-refractivity contribution in [3.8, 4) is 0 Å². The first-order valence-corrected chi connectivity index (χ1v) is 5.36. The van der Waals surface area contributed by atoms with Gasteiger partial charge in [-0.15, -0.1) is 0 Å². The van der Waals surface area contributed by atoms with Crippen LogP contribution in [0, 0.1) is 5.92 Å². The zero-order chi connectivity index (χ0) is 9.64. The lowest BCUT2D eigenvalue weighted by Crippen LogP contribution is -2.27. The standard InChI is InChI=1S/C11H18N2O/c1-2-11(13-5-1)9-12-8-10-3-6-14-7-4-10/h1-2,5,10,12-13H,3-4,6-9H2. The fourth-order valence-electron chi connectivity index (χ4n) is 1.84. The Morgan fingerprint density at radius 2 is 2.29 bits per heavy atom. The molecule has 1 aromatic rings. The van der Waals surface area contributed by atoms with Gasteiger partial charge in [-0.2, -0.15) is 0 Å². The van der Waals surface area contributed by atoms with Gasteiger partial charge in [-0.3, -0.25) is 0 Å². The van der Waals surface area contributed by atoms with E-state index in [0.29, 0.717) is 0 Å². The van der Waals surface area contributed by atoms with E-state index in [9.17, 15) is 0 Å². The maximum atomic E-state index is 5.32. The number of aromatic amines is 1. The quantitative estimate of drug-likeness (QED) is 0.762. The van der Waals surface area contributed by atoms with E-state index >= 15 is 0 Å². The first-order chi connectivity index (χ1) is 6.95. The Balaban J connectivity index is 1.62. The molecular weight excluding hydrogens is 176 g/mol. The van der Waals surface area contributed by atoms with E-state index < -0.39 is 0 Å². The smallest absolute Gasteiger partial charge is 0.0469 e. The SMILES string of the molecule is c1c[nH]c(CNCC2CCOCC2)c1. The number of ether oxygens (including phenoxy) is 1. The maximum Gasteiger partial charge on any atom is 0.0469 e. The number of nitrogens with one attached hydrogen (secondary N) is 2. The van der Waals surface area contributed by atoms with Gasteiger partial charge in [-0.25, -0.2) is 0 Å². The largest absolute Gasteiger partial charge is 0.381 e. The molecule has 0 spiro atoms. The summed E-state index contributed by atoms with van der Waals surface area (Å²) in [5.41, 5.74) is 1.26. The molecule has 2 rings (SSSR count). The van der Waals surface area contributed by atoms with E-state index in [1.54, 1.807) is 0 Å². The summed E-state index contributed by atoms with van der Waals surface area (Å²) in [5.74, 6) is 0.804. The summed E-state index contributed by atoms with van der Waals surface area (Å²) in [6, 6.07) is 4.14. The third-order valence-corrected chi connectivity index (χ3v) is 2.75. The topological polar surface area (TPSA) is 37.0 Å². The van der Waals surface area contributed by atoms with E-state index in [2.05, 4.69) is 16.4 Å². The number of rotatable bonds is 4. The van der Waals surface area contributed by atoms with Gasteiger partial charge in [0, 0.05) is 31.6 Å². The van der Waals surface area contributed by atoms with Crippen LogP contribution in [-0.4, -0.2) is 24.7 Å². The van der Waals surface area contributed by atoms with Crippen LogP contribution >= 0.6 is 0 Å². The third kappa shape index (κ3) is 2.86. The van der Waals surface area contributed by atoms with Gasteiger partial charge in [0.1, 0.15) is 0 Å². The molecule has 2 N–H and O–H groups in total. The highest BCUT2D eigenvalue weighted by atomic mass is 16.5. The highest BCUT2D eigenvalue weighted by Gasteiger charge is 2.12. The van der Waals surface area contributed by atoms with E-state index in [1.165, 1.54) is 18.5 Å². The predicted octanol–water partition coefficient (Wildman–Crippen LogP) is 1.53. The van der Waals surface area contributed by atoms with Crippen LogP contribution < -0.4 is 5.32 Å². The van der Waals surface area contributed by atoms with Crippen LogP contribution in [0.25, 0.3) is 0 Å². The molecule has 2 heterocycles. The Hall–Kier alpha value is -0.800. The van der Waals surface area contributed by atoms with Crippen LogP contribution in [0.1, 0.15) is 18.5 Å². The molecular formula is C11H18N2O. The Kier molecular flexibility index (Phi) is 3.60. The Bertz CT molecular complexity index is 240. The summed E-state index contributed by atoms with van der Waals surface area (Å²) in [4.78, 5) is 3.19. The molecule has 0 unspecified atom stereocenters. The summed E-state index contributed by atoms with van der Waals surface area (Å²) >= 11 is 0. The van der Waals surface area contributed by atoms with E-state index in [0.717, 1.165) is 32.2 Å². The van der Waals surface area contributed by atoms with Gasteiger partial charge < -0.3 is 15.0 Å². The molecule has 3 nitrogen and oxygen atoms in total. The Morgan fingerprint density at radius 1 is 1.43 bits per heavy atom. The normalized spacial score (nSPS) is 18.6. The van der Waals surface area contributed by atoms with Gasteiger partial charge in [-0.05, 0) is 37.4 Å². The maximum absolute atomic E-state index is 5.32. The summed E-state index contributed by atoms with van der Waals surface area (Å²) in [6.45, 7) is 3.94. The van der Waals surface area contributed by atoms with Crippen molar-refractivity contribution in [3.63, 3.8) is 0 Å². The van der Waals surface area contributed by atoms with Gasteiger partial charge in [0.05, 0.1) is 0 Å². The van der Waals surface area contributed by atoms with Gasteiger partial charge in [-0.1, -0.05) is 0 Å². The van der Waals surface area contributed by atoms with Crippen molar-refractivity contribution < 1.29 is 4.74 Å². The molecule has 1 aromatic heterocycles. The molecule has 0 atom stereocenters. The Labute approximate surface area is 84.9 Å². The van der Waals surface area contributed by atoms with Crippen LogP contribution in [0.2, 0.25) is 0 Å². The molecule has 14 heavy (non-hydrogen) atoms. The minimum Gasteiger partial charge on any atom is -0.381 e. The van der Waals surface area contributed by atoms with Crippen molar-refractivity contribution in [3.05, 3.63) is 24.0 Å². The molecule has 1 fully saturated rings.